The summed E-state index contributed by atoms with van der Waals surface area (Å²) in [7, 11) is 0. The molecule has 2 aromatic rings. The highest BCUT2D eigenvalue weighted by atomic mass is 19.3. The molecule has 2 saturated heterocycles. The molecular weight excluding hydrogens is 438 g/mol. The summed E-state index contributed by atoms with van der Waals surface area (Å²) in [5.74, 6) is 0.825. The Hall–Kier alpha value is -3.18. The Balaban J connectivity index is 1.40. The first-order valence-corrected chi connectivity index (χ1v) is 10.9. The van der Waals surface area contributed by atoms with E-state index in [9.17, 15) is 13.6 Å². The van der Waals surface area contributed by atoms with Crippen LogP contribution in [0.3, 0.4) is 0 Å². The molecule has 2 N–H and O–H groups in total. The average molecular weight is 466 g/mol. The van der Waals surface area contributed by atoms with E-state index >= 15 is 0 Å². The fourth-order valence-electron chi connectivity index (χ4n) is 4.42. The van der Waals surface area contributed by atoms with Crippen LogP contribution in [0.2, 0.25) is 0 Å². The van der Waals surface area contributed by atoms with Gasteiger partial charge < -0.3 is 24.4 Å². The van der Waals surface area contributed by atoms with Gasteiger partial charge in [0.1, 0.15) is 17.5 Å². The van der Waals surface area contributed by atoms with Crippen LogP contribution in [0.15, 0.2) is 18.5 Å². The first kappa shape index (κ1) is 23.0. The molecule has 4 atom stereocenters. The van der Waals surface area contributed by atoms with E-state index in [0.29, 0.717) is 23.9 Å². The zero-order valence-electron chi connectivity index (χ0n) is 18.9. The molecule has 2 bridgehead atoms. The van der Waals surface area contributed by atoms with Crippen molar-refractivity contribution in [3.63, 3.8) is 0 Å². The molecule has 0 spiro atoms. The fraction of sp³-hybridized carbons (Fsp3) is 0.619. The average Bonchev–Trinajstić information content (AvgIpc) is 3.28. The number of aromatic amines is 1. The van der Waals surface area contributed by atoms with E-state index < -0.39 is 12.2 Å². The Morgan fingerprint density at radius 2 is 2.06 bits per heavy atom. The van der Waals surface area contributed by atoms with Crippen molar-refractivity contribution in [1.82, 2.24) is 25.1 Å². The molecular formula is C21H28F2N6O4. The zero-order chi connectivity index (χ0) is 23.8. The van der Waals surface area contributed by atoms with Crippen molar-refractivity contribution >= 4 is 17.7 Å². The second kappa shape index (κ2) is 8.99. The van der Waals surface area contributed by atoms with Gasteiger partial charge in [-0.25, -0.2) is 4.79 Å². The molecule has 12 heteroatoms. The van der Waals surface area contributed by atoms with Crippen LogP contribution in [-0.4, -0.2) is 61.6 Å². The van der Waals surface area contributed by atoms with Gasteiger partial charge in [0.2, 0.25) is 11.8 Å². The maximum Gasteiger partial charge on any atom is 0.410 e. The third-order valence-corrected chi connectivity index (χ3v) is 5.76. The quantitative estimate of drug-likeness (QED) is 0.654. The van der Waals surface area contributed by atoms with Gasteiger partial charge in [-0.2, -0.15) is 13.8 Å². The van der Waals surface area contributed by atoms with Crippen molar-refractivity contribution in [3.05, 3.63) is 18.5 Å². The number of halogens is 2. The topological polar surface area (TPSA) is 114 Å². The summed E-state index contributed by atoms with van der Waals surface area (Å²) in [5.41, 5.74) is -0.545. The normalized spacial score (nSPS) is 24.6. The second-order valence-corrected chi connectivity index (χ2v) is 9.30. The number of aromatic nitrogens is 4. The molecule has 4 rings (SSSR count). The van der Waals surface area contributed by atoms with Gasteiger partial charge in [-0.15, -0.1) is 5.10 Å². The first-order chi connectivity index (χ1) is 15.6. The van der Waals surface area contributed by atoms with Crippen LogP contribution in [-0.2, 0) is 4.74 Å². The number of anilines is 2. The molecule has 2 aliphatic heterocycles. The van der Waals surface area contributed by atoms with Crippen LogP contribution in [0.25, 0.3) is 0 Å². The fourth-order valence-corrected chi connectivity index (χ4v) is 4.42. The summed E-state index contributed by atoms with van der Waals surface area (Å²) < 4.78 is 40.6. The minimum atomic E-state index is -2.96. The molecule has 0 unspecified atom stereocenters. The lowest BCUT2D eigenvalue weighted by molar-refractivity contribution is -0.0529. The van der Waals surface area contributed by atoms with Crippen LogP contribution in [0.1, 0.15) is 47.0 Å². The van der Waals surface area contributed by atoms with Gasteiger partial charge in [0, 0.05) is 30.5 Å². The summed E-state index contributed by atoms with van der Waals surface area (Å²) in [6.45, 7) is 4.70. The van der Waals surface area contributed by atoms with Crippen molar-refractivity contribution in [1.29, 1.82) is 0 Å². The van der Waals surface area contributed by atoms with Gasteiger partial charge in [0.05, 0.1) is 12.4 Å². The Bertz CT molecular complexity index is 982. The van der Waals surface area contributed by atoms with Gasteiger partial charge in [0.25, 0.3) is 0 Å². The van der Waals surface area contributed by atoms with Gasteiger partial charge in [-0.3, -0.25) is 10.1 Å². The number of fused-ring (bicyclic) bond motifs is 2. The van der Waals surface area contributed by atoms with Crippen molar-refractivity contribution in [2.24, 2.45) is 5.92 Å². The van der Waals surface area contributed by atoms with E-state index in [2.05, 4.69) is 37.1 Å². The maximum absolute atomic E-state index is 12.7. The highest BCUT2D eigenvalue weighted by Gasteiger charge is 2.49. The third kappa shape index (κ3) is 5.42. The van der Waals surface area contributed by atoms with E-state index in [1.54, 1.807) is 0 Å². The number of amides is 1. The Morgan fingerprint density at radius 1 is 1.27 bits per heavy atom. The lowest BCUT2D eigenvalue weighted by Crippen LogP contribution is -2.55. The SMILES string of the molecule is C[C@@H]1[C@@H](Oc2cncc(Nc3cc(OC(F)F)n[nH]3)n2)C[C@H]2CC[C@@H]1N2C(=O)OC(C)(C)C. The van der Waals surface area contributed by atoms with Gasteiger partial charge in [0.15, 0.2) is 5.82 Å². The number of alkyl halides is 2. The van der Waals surface area contributed by atoms with E-state index in [1.807, 2.05) is 25.7 Å². The highest BCUT2D eigenvalue weighted by Crippen LogP contribution is 2.41. The Morgan fingerprint density at radius 3 is 2.79 bits per heavy atom. The standard InChI is InChI=1S/C21H28F2N6O4/c1-11-13-6-5-12(29(13)20(30)33-21(2,3)4)7-14(11)31-18-10-24-9-16(26-18)25-15-8-17(28-27-15)32-19(22)23/h8-14,19H,5-7H2,1-4H3,(H2,25,26,27,28)/t11-,12+,13-,14-/m0/s1. The molecule has 2 aromatic heterocycles. The first-order valence-electron chi connectivity index (χ1n) is 10.9. The smallest absolute Gasteiger partial charge is 0.410 e. The number of piperidine rings is 1. The van der Waals surface area contributed by atoms with Gasteiger partial charge >= 0.3 is 12.7 Å². The molecule has 2 fully saturated rings. The lowest BCUT2D eigenvalue weighted by Gasteiger charge is -2.43. The summed E-state index contributed by atoms with van der Waals surface area (Å²) in [5, 5.41) is 9.07. The van der Waals surface area contributed by atoms with Crippen LogP contribution in [0.4, 0.5) is 25.2 Å². The molecule has 0 saturated carbocycles. The number of carbonyl (C=O) groups excluding carboxylic acids is 1. The predicted octanol–water partition coefficient (Wildman–Crippen LogP) is 4.10. The second-order valence-electron chi connectivity index (χ2n) is 9.30. The summed E-state index contributed by atoms with van der Waals surface area (Å²) in [6, 6.07) is 1.38. The summed E-state index contributed by atoms with van der Waals surface area (Å²) >= 11 is 0. The van der Waals surface area contributed by atoms with E-state index in [0.717, 1.165) is 12.8 Å². The zero-order valence-corrected chi connectivity index (χ0v) is 18.9. The van der Waals surface area contributed by atoms with Gasteiger partial charge in [-0.1, -0.05) is 6.92 Å². The van der Waals surface area contributed by atoms with Crippen LogP contribution >= 0.6 is 0 Å². The van der Waals surface area contributed by atoms with Crippen molar-refractivity contribution in [3.8, 4) is 11.8 Å². The number of H-pyrrole nitrogens is 1. The molecule has 180 valence electrons. The molecule has 0 radical (unpaired) electrons. The molecule has 2 aliphatic rings. The number of ether oxygens (including phenoxy) is 3. The van der Waals surface area contributed by atoms with Gasteiger partial charge in [-0.05, 0) is 33.6 Å². The monoisotopic (exact) mass is 466 g/mol. The van der Waals surface area contributed by atoms with Crippen LogP contribution in [0.5, 0.6) is 11.8 Å². The number of nitrogens with zero attached hydrogens (tertiary/aromatic N) is 4. The van der Waals surface area contributed by atoms with Crippen molar-refractivity contribution in [2.75, 3.05) is 5.32 Å². The molecule has 33 heavy (non-hydrogen) atoms. The van der Waals surface area contributed by atoms with Crippen molar-refractivity contribution < 1.29 is 27.8 Å². The maximum atomic E-state index is 12.7. The van der Waals surface area contributed by atoms with E-state index in [4.69, 9.17) is 9.47 Å². The minimum Gasteiger partial charge on any atom is -0.473 e. The summed E-state index contributed by atoms with van der Waals surface area (Å²) in [4.78, 5) is 23.2. The third-order valence-electron chi connectivity index (χ3n) is 5.76. The number of hydrogen-bond acceptors (Lipinski definition) is 8. The number of carbonyl (C=O) groups is 1. The number of nitrogens with one attached hydrogen (secondary N) is 2. The highest BCUT2D eigenvalue weighted by molar-refractivity contribution is 5.69. The molecule has 0 aromatic carbocycles. The largest absolute Gasteiger partial charge is 0.473 e. The van der Waals surface area contributed by atoms with Crippen LogP contribution < -0.4 is 14.8 Å². The Kier molecular flexibility index (Phi) is 6.26. The van der Waals surface area contributed by atoms with E-state index in [-0.39, 0.29) is 36.1 Å². The number of rotatable bonds is 6. The Labute approximate surface area is 190 Å². The summed E-state index contributed by atoms with van der Waals surface area (Å²) in [6.07, 6.45) is 5.05. The minimum absolute atomic E-state index is 0.0381. The predicted molar refractivity (Wildman–Crippen MR) is 114 cm³/mol. The molecule has 1 amide bonds. The molecule has 10 nitrogen and oxygen atoms in total. The number of hydrogen-bond donors (Lipinski definition) is 2. The van der Waals surface area contributed by atoms with E-state index in [1.165, 1.54) is 18.5 Å². The lowest BCUT2D eigenvalue weighted by atomic mass is 9.89. The van der Waals surface area contributed by atoms with Crippen molar-refractivity contribution in [2.45, 2.75) is 77.4 Å². The van der Waals surface area contributed by atoms with Crippen LogP contribution in [0, 0.1) is 5.92 Å². The molecule has 4 heterocycles. The molecule has 0 aliphatic carbocycles.